The smallest absolute Gasteiger partial charge is 0.309 e. The average Bonchev–Trinajstić information content (AvgIpc) is 2.35. The number of carbonyl (C=O) groups excluding carboxylic acids is 1. The van der Waals surface area contributed by atoms with Gasteiger partial charge in [-0.15, -0.1) is 0 Å². The monoisotopic (exact) mass is 236 g/mol. The maximum atomic E-state index is 11.1. The molecule has 0 heterocycles. The van der Waals surface area contributed by atoms with E-state index in [1.54, 1.807) is 13.8 Å². The van der Waals surface area contributed by atoms with E-state index < -0.39 is 17.0 Å². The van der Waals surface area contributed by atoms with Gasteiger partial charge < -0.3 is 4.74 Å². The third-order valence-electron chi connectivity index (χ3n) is 2.38. The van der Waals surface area contributed by atoms with Gasteiger partial charge in [-0.2, -0.15) is 20.8 Å². The number of hydrogen-bond acceptors (Lipinski definition) is 6. The van der Waals surface area contributed by atoms with Crippen LogP contribution in [0, 0.1) is 22.7 Å². The molecule has 0 saturated heterocycles. The third-order valence-corrected chi connectivity index (χ3v) is 2.38. The van der Waals surface area contributed by atoms with Gasteiger partial charge in [-0.05, 0) is 20.3 Å². The normalized spacial score (nSPS) is 17.5. The molecule has 0 saturated carbocycles. The standard InChI is InChI=1S/C11H16N4O2/c1-5-10(2,7-12)14-15-11(3,8-13)6-9(16)17-4/h5-6H2,1-4H3. The molecule has 0 aromatic carbocycles. The summed E-state index contributed by atoms with van der Waals surface area (Å²) in [5.41, 5.74) is -2.26. The molecule has 0 aromatic heterocycles. The first-order valence-corrected chi connectivity index (χ1v) is 5.18. The summed E-state index contributed by atoms with van der Waals surface area (Å²) in [4.78, 5) is 11.1. The van der Waals surface area contributed by atoms with Gasteiger partial charge in [-0.1, -0.05) is 6.92 Å². The fourth-order valence-electron chi connectivity index (χ4n) is 0.843. The summed E-state index contributed by atoms with van der Waals surface area (Å²) in [6, 6.07) is 3.90. The number of methoxy groups -OCH3 is 1. The predicted molar refractivity (Wildman–Crippen MR) is 59.8 cm³/mol. The molecule has 0 aliphatic carbocycles. The van der Waals surface area contributed by atoms with Crippen molar-refractivity contribution in [1.82, 2.24) is 0 Å². The summed E-state index contributed by atoms with van der Waals surface area (Å²) < 4.78 is 4.48. The Morgan fingerprint density at radius 3 is 2.06 bits per heavy atom. The van der Waals surface area contributed by atoms with Gasteiger partial charge in [0, 0.05) is 0 Å². The van der Waals surface area contributed by atoms with Crippen LogP contribution in [0.1, 0.15) is 33.6 Å². The van der Waals surface area contributed by atoms with Crippen LogP contribution in [0.15, 0.2) is 10.2 Å². The van der Waals surface area contributed by atoms with Crippen LogP contribution >= 0.6 is 0 Å². The first-order chi connectivity index (χ1) is 7.84. The molecule has 0 aliphatic rings. The quantitative estimate of drug-likeness (QED) is 0.538. The van der Waals surface area contributed by atoms with Gasteiger partial charge >= 0.3 is 5.97 Å². The molecular weight excluding hydrogens is 220 g/mol. The zero-order chi connectivity index (χ0) is 13.5. The minimum atomic E-state index is -1.29. The Morgan fingerprint density at radius 1 is 1.24 bits per heavy atom. The van der Waals surface area contributed by atoms with Crippen LogP contribution in [0.5, 0.6) is 0 Å². The lowest BCUT2D eigenvalue weighted by molar-refractivity contribution is -0.141. The second-order valence-corrected chi connectivity index (χ2v) is 4.08. The molecule has 0 fully saturated rings. The topological polar surface area (TPSA) is 98.6 Å². The molecule has 0 spiro atoms. The summed E-state index contributed by atoms with van der Waals surface area (Å²) in [7, 11) is 1.24. The summed E-state index contributed by atoms with van der Waals surface area (Å²) >= 11 is 0. The molecule has 0 N–H and O–H groups in total. The van der Waals surface area contributed by atoms with Gasteiger partial charge in [0.25, 0.3) is 0 Å². The van der Waals surface area contributed by atoms with E-state index in [0.717, 1.165) is 0 Å². The lowest BCUT2D eigenvalue weighted by Crippen LogP contribution is -2.26. The van der Waals surface area contributed by atoms with Crippen molar-refractivity contribution in [2.45, 2.75) is 44.7 Å². The first kappa shape index (κ1) is 15.0. The number of ether oxygens (including phenoxy) is 1. The molecule has 0 aliphatic heterocycles. The van der Waals surface area contributed by atoms with Gasteiger partial charge in [0.1, 0.15) is 0 Å². The van der Waals surface area contributed by atoms with Crippen molar-refractivity contribution in [1.29, 1.82) is 10.5 Å². The largest absolute Gasteiger partial charge is 0.469 e. The highest BCUT2D eigenvalue weighted by Gasteiger charge is 2.30. The van der Waals surface area contributed by atoms with Gasteiger partial charge in [-0.25, -0.2) is 0 Å². The summed E-state index contributed by atoms with van der Waals surface area (Å²) in [6.07, 6.45) is 0.293. The number of nitrogens with zero attached hydrogens (tertiary/aromatic N) is 4. The van der Waals surface area contributed by atoms with Crippen molar-refractivity contribution in [2.75, 3.05) is 7.11 Å². The number of esters is 1. The highest BCUT2D eigenvalue weighted by atomic mass is 16.5. The van der Waals surface area contributed by atoms with Crippen molar-refractivity contribution < 1.29 is 9.53 Å². The Hall–Kier alpha value is -1.95. The highest BCUT2D eigenvalue weighted by molar-refractivity contribution is 5.71. The second kappa shape index (κ2) is 5.95. The van der Waals surface area contributed by atoms with Crippen molar-refractivity contribution in [3.05, 3.63) is 0 Å². The summed E-state index contributed by atoms with van der Waals surface area (Å²) in [5, 5.41) is 25.6. The Kier molecular flexibility index (Phi) is 5.27. The maximum Gasteiger partial charge on any atom is 0.309 e. The summed E-state index contributed by atoms with van der Waals surface area (Å²) in [5.74, 6) is -0.539. The van der Waals surface area contributed by atoms with E-state index in [0.29, 0.717) is 6.42 Å². The molecule has 0 amide bonds. The third kappa shape index (κ3) is 4.60. The number of carbonyl (C=O) groups is 1. The van der Waals surface area contributed by atoms with Crippen molar-refractivity contribution in [3.8, 4) is 12.1 Å². The minimum absolute atomic E-state index is 0.186. The molecule has 6 heteroatoms. The van der Waals surface area contributed by atoms with Gasteiger partial charge in [0.15, 0.2) is 11.1 Å². The average molecular weight is 236 g/mol. The van der Waals surface area contributed by atoms with E-state index in [4.69, 9.17) is 10.5 Å². The van der Waals surface area contributed by atoms with Crippen molar-refractivity contribution >= 4 is 5.97 Å². The van der Waals surface area contributed by atoms with E-state index >= 15 is 0 Å². The van der Waals surface area contributed by atoms with E-state index in [1.165, 1.54) is 14.0 Å². The van der Waals surface area contributed by atoms with E-state index in [2.05, 4.69) is 15.0 Å². The lowest BCUT2D eigenvalue weighted by atomic mass is 10.0. The Balaban J connectivity index is 4.94. The molecule has 92 valence electrons. The van der Waals surface area contributed by atoms with Crippen molar-refractivity contribution in [2.24, 2.45) is 10.2 Å². The molecule has 6 nitrogen and oxygen atoms in total. The van der Waals surface area contributed by atoms with Crippen LogP contribution < -0.4 is 0 Å². The molecule has 0 bridgehead atoms. The van der Waals surface area contributed by atoms with Crippen LogP contribution in [-0.2, 0) is 9.53 Å². The lowest BCUT2D eigenvalue weighted by Gasteiger charge is -2.17. The predicted octanol–water partition coefficient (Wildman–Crippen LogP) is 1.98. The zero-order valence-electron chi connectivity index (χ0n) is 10.5. The van der Waals surface area contributed by atoms with Crippen LogP contribution in [-0.4, -0.2) is 24.2 Å². The molecule has 2 unspecified atom stereocenters. The molecule has 0 rings (SSSR count). The molecule has 0 radical (unpaired) electrons. The van der Waals surface area contributed by atoms with Crippen LogP contribution in [0.25, 0.3) is 0 Å². The van der Waals surface area contributed by atoms with Crippen LogP contribution in [0.4, 0.5) is 0 Å². The van der Waals surface area contributed by atoms with Crippen LogP contribution in [0.3, 0.4) is 0 Å². The maximum absolute atomic E-state index is 11.1. The van der Waals surface area contributed by atoms with E-state index in [1.807, 2.05) is 12.1 Å². The molecule has 2 atom stereocenters. The second-order valence-electron chi connectivity index (χ2n) is 4.08. The molecular formula is C11H16N4O2. The highest BCUT2D eigenvalue weighted by Crippen LogP contribution is 2.21. The van der Waals surface area contributed by atoms with Crippen LogP contribution in [0.2, 0.25) is 0 Å². The van der Waals surface area contributed by atoms with Gasteiger partial charge in [0.05, 0.1) is 25.7 Å². The number of azo groups is 1. The molecule has 17 heavy (non-hydrogen) atoms. The van der Waals surface area contributed by atoms with E-state index in [-0.39, 0.29) is 6.42 Å². The number of hydrogen-bond donors (Lipinski definition) is 0. The van der Waals surface area contributed by atoms with Gasteiger partial charge in [0.2, 0.25) is 0 Å². The first-order valence-electron chi connectivity index (χ1n) is 5.18. The number of nitriles is 2. The fourth-order valence-corrected chi connectivity index (χ4v) is 0.843. The fraction of sp³-hybridized carbons (Fsp3) is 0.727. The molecule has 0 aromatic rings. The number of rotatable bonds is 5. The van der Waals surface area contributed by atoms with E-state index in [9.17, 15) is 4.79 Å². The van der Waals surface area contributed by atoms with Gasteiger partial charge in [-0.3, -0.25) is 4.79 Å². The van der Waals surface area contributed by atoms with Crippen molar-refractivity contribution in [3.63, 3.8) is 0 Å². The Morgan fingerprint density at radius 2 is 1.71 bits per heavy atom. The Labute approximate surface area is 101 Å². The summed E-state index contributed by atoms with van der Waals surface area (Å²) in [6.45, 7) is 4.89. The zero-order valence-corrected chi connectivity index (χ0v) is 10.5. The Bertz CT molecular complexity index is 393. The SMILES string of the molecule is CCC(C)(C#N)N=NC(C)(C#N)CC(=O)OC. The minimum Gasteiger partial charge on any atom is -0.469 e.